The molecule has 1 atom stereocenters. The number of fused-ring (bicyclic) bond motifs is 1. The van der Waals surface area contributed by atoms with Crippen molar-refractivity contribution in [3.63, 3.8) is 0 Å². The molecule has 0 spiro atoms. The SMILES string of the molecule is C=C(c1ccccc1)N1CC[C@H](NC2CN(C(=O)c3sc4cc(C(F)(F)F)ccc4c3C)C2)C1. The van der Waals surface area contributed by atoms with Crippen molar-refractivity contribution in [2.75, 3.05) is 26.2 Å². The summed E-state index contributed by atoms with van der Waals surface area (Å²) in [7, 11) is 0. The van der Waals surface area contributed by atoms with Gasteiger partial charge in [0.2, 0.25) is 0 Å². The van der Waals surface area contributed by atoms with E-state index in [9.17, 15) is 18.0 Å². The molecule has 3 aromatic rings. The van der Waals surface area contributed by atoms with Crippen molar-refractivity contribution in [2.24, 2.45) is 0 Å². The Balaban J connectivity index is 1.17. The molecule has 34 heavy (non-hydrogen) atoms. The molecule has 8 heteroatoms. The molecule has 178 valence electrons. The van der Waals surface area contributed by atoms with Gasteiger partial charge in [0.1, 0.15) is 0 Å². The number of aryl methyl sites for hydroxylation is 1. The third kappa shape index (κ3) is 4.32. The predicted molar refractivity (Wildman–Crippen MR) is 130 cm³/mol. The smallest absolute Gasteiger partial charge is 0.370 e. The van der Waals surface area contributed by atoms with E-state index in [0.717, 1.165) is 59.8 Å². The van der Waals surface area contributed by atoms with Crippen LogP contribution < -0.4 is 5.32 Å². The first-order valence-corrected chi connectivity index (χ1v) is 12.2. The second kappa shape index (κ2) is 8.74. The van der Waals surface area contributed by atoms with Crippen molar-refractivity contribution in [3.8, 4) is 0 Å². The summed E-state index contributed by atoms with van der Waals surface area (Å²) in [6.07, 6.45) is -3.37. The Morgan fingerprint density at radius 2 is 1.76 bits per heavy atom. The number of likely N-dealkylation sites (tertiary alicyclic amines) is 2. The molecule has 1 amide bonds. The number of hydrogen-bond acceptors (Lipinski definition) is 4. The molecule has 5 rings (SSSR count). The van der Waals surface area contributed by atoms with Crippen molar-refractivity contribution in [1.82, 2.24) is 15.1 Å². The second-order valence-corrected chi connectivity index (χ2v) is 10.1. The summed E-state index contributed by atoms with van der Waals surface area (Å²) in [6, 6.07) is 14.4. The summed E-state index contributed by atoms with van der Waals surface area (Å²) in [5.41, 5.74) is 2.23. The fourth-order valence-corrected chi connectivity index (χ4v) is 6.00. The van der Waals surface area contributed by atoms with Gasteiger partial charge in [-0.15, -0.1) is 11.3 Å². The van der Waals surface area contributed by atoms with Crippen LogP contribution in [0.5, 0.6) is 0 Å². The fourth-order valence-electron chi connectivity index (χ4n) is 4.79. The molecular formula is C26H26F3N3OS. The Labute approximate surface area is 200 Å². The lowest BCUT2D eigenvalue weighted by Crippen LogP contribution is -2.61. The normalized spacial score (nSPS) is 19.0. The molecule has 0 saturated carbocycles. The summed E-state index contributed by atoms with van der Waals surface area (Å²) in [4.78, 5) is 17.6. The van der Waals surface area contributed by atoms with Crippen LogP contribution in [0.2, 0.25) is 0 Å². The van der Waals surface area contributed by atoms with Crippen LogP contribution >= 0.6 is 11.3 Å². The minimum atomic E-state index is -4.39. The third-order valence-electron chi connectivity index (χ3n) is 6.78. The van der Waals surface area contributed by atoms with E-state index in [1.54, 1.807) is 4.90 Å². The molecule has 3 heterocycles. The highest BCUT2D eigenvalue weighted by atomic mass is 32.1. The molecule has 2 aliphatic heterocycles. The maximum absolute atomic E-state index is 13.1. The molecular weight excluding hydrogens is 459 g/mol. The maximum atomic E-state index is 13.1. The van der Waals surface area contributed by atoms with E-state index >= 15 is 0 Å². The number of alkyl halides is 3. The predicted octanol–water partition coefficient (Wildman–Crippen LogP) is 5.39. The van der Waals surface area contributed by atoms with Gasteiger partial charge in [0.05, 0.1) is 10.4 Å². The summed E-state index contributed by atoms with van der Waals surface area (Å²) in [6.45, 7) is 9.10. The van der Waals surface area contributed by atoms with Gasteiger partial charge in [0, 0.05) is 48.7 Å². The van der Waals surface area contributed by atoms with Crippen LogP contribution in [0.15, 0.2) is 55.1 Å². The van der Waals surface area contributed by atoms with E-state index in [0.29, 0.717) is 34.1 Å². The Morgan fingerprint density at radius 1 is 1.06 bits per heavy atom. The van der Waals surface area contributed by atoms with Crippen LogP contribution in [-0.4, -0.2) is 54.0 Å². The van der Waals surface area contributed by atoms with E-state index in [1.807, 2.05) is 25.1 Å². The van der Waals surface area contributed by atoms with E-state index in [-0.39, 0.29) is 11.9 Å². The number of benzene rings is 2. The van der Waals surface area contributed by atoms with E-state index in [1.165, 1.54) is 6.07 Å². The molecule has 2 fully saturated rings. The van der Waals surface area contributed by atoms with Gasteiger partial charge in [-0.25, -0.2) is 0 Å². The molecule has 0 bridgehead atoms. The number of nitrogens with one attached hydrogen (secondary N) is 1. The quantitative estimate of drug-likeness (QED) is 0.527. The lowest BCUT2D eigenvalue weighted by Gasteiger charge is -2.41. The molecule has 1 aromatic heterocycles. The minimum Gasteiger partial charge on any atom is -0.370 e. The van der Waals surface area contributed by atoms with Crippen molar-refractivity contribution < 1.29 is 18.0 Å². The van der Waals surface area contributed by atoms with Gasteiger partial charge in [-0.05, 0) is 42.0 Å². The number of carbonyl (C=O) groups is 1. The lowest BCUT2D eigenvalue weighted by molar-refractivity contribution is -0.137. The molecule has 1 N–H and O–H groups in total. The van der Waals surface area contributed by atoms with Gasteiger partial charge in [0.25, 0.3) is 5.91 Å². The number of nitrogens with zero attached hydrogens (tertiary/aromatic N) is 2. The zero-order valence-electron chi connectivity index (χ0n) is 18.9. The topological polar surface area (TPSA) is 35.6 Å². The van der Waals surface area contributed by atoms with Gasteiger partial charge in [-0.2, -0.15) is 13.2 Å². The van der Waals surface area contributed by atoms with Crippen molar-refractivity contribution in [3.05, 3.63) is 76.7 Å². The monoisotopic (exact) mass is 485 g/mol. The first-order chi connectivity index (χ1) is 16.2. The molecule has 0 radical (unpaired) electrons. The highest BCUT2D eigenvalue weighted by Gasteiger charge is 2.36. The summed E-state index contributed by atoms with van der Waals surface area (Å²) >= 11 is 1.15. The number of hydrogen-bond donors (Lipinski definition) is 1. The van der Waals surface area contributed by atoms with Crippen molar-refractivity contribution >= 4 is 33.0 Å². The molecule has 2 saturated heterocycles. The first kappa shape index (κ1) is 22.9. The van der Waals surface area contributed by atoms with Gasteiger partial charge in [-0.1, -0.05) is 43.0 Å². The van der Waals surface area contributed by atoms with Crippen LogP contribution in [0.25, 0.3) is 15.8 Å². The van der Waals surface area contributed by atoms with Gasteiger partial charge in [-0.3, -0.25) is 4.79 Å². The van der Waals surface area contributed by atoms with E-state index in [2.05, 4.69) is 28.9 Å². The Bertz CT molecular complexity index is 1230. The van der Waals surface area contributed by atoms with Crippen LogP contribution in [-0.2, 0) is 6.18 Å². The van der Waals surface area contributed by atoms with Crippen molar-refractivity contribution in [2.45, 2.75) is 31.6 Å². The van der Waals surface area contributed by atoms with Gasteiger partial charge < -0.3 is 15.1 Å². The highest BCUT2D eigenvalue weighted by molar-refractivity contribution is 7.21. The standard InChI is InChI=1S/C26H26F3N3OS/c1-16-22-9-8-19(26(27,28)29)12-23(22)34-24(16)25(33)32-14-21(15-32)30-20-10-11-31(13-20)17(2)18-6-4-3-5-7-18/h3-9,12,20-21,30H,2,10-11,13-15H2,1H3/t20-/m0/s1. The summed E-state index contributed by atoms with van der Waals surface area (Å²) in [5.74, 6) is -0.101. The summed E-state index contributed by atoms with van der Waals surface area (Å²) < 4.78 is 39.7. The van der Waals surface area contributed by atoms with Crippen LogP contribution in [0.4, 0.5) is 13.2 Å². The Morgan fingerprint density at radius 3 is 2.47 bits per heavy atom. The van der Waals surface area contributed by atoms with Crippen molar-refractivity contribution in [1.29, 1.82) is 0 Å². The third-order valence-corrected chi connectivity index (χ3v) is 8.02. The highest BCUT2D eigenvalue weighted by Crippen LogP contribution is 2.37. The summed E-state index contributed by atoms with van der Waals surface area (Å²) in [5, 5.41) is 4.36. The maximum Gasteiger partial charge on any atom is 0.416 e. The average Bonchev–Trinajstić information content (AvgIpc) is 3.39. The van der Waals surface area contributed by atoms with Gasteiger partial charge >= 0.3 is 6.18 Å². The fraction of sp³-hybridized carbons (Fsp3) is 0.346. The molecule has 2 aliphatic rings. The molecule has 4 nitrogen and oxygen atoms in total. The van der Waals surface area contributed by atoms with E-state index in [4.69, 9.17) is 0 Å². The zero-order chi connectivity index (χ0) is 24.0. The minimum absolute atomic E-state index is 0.101. The zero-order valence-corrected chi connectivity index (χ0v) is 19.7. The largest absolute Gasteiger partial charge is 0.416 e. The number of thiophene rings is 1. The van der Waals surface area contributed by atoms with E-state index < -0.39 is 11.7 Å². The number of rotatable bonds is 5. The first-order valence-electron chi connectivity index (χ1n) is 11.4. The van der Waals surface area contributed by atoms with Crippen LogP contribution in [0.3, 0.4) is 0 Å². The second-order valence-electron chi connectivity index (χ2n) is 9.08. The molecule has 2 aromatic carbocycles. The van der Waals surface area contributed by atoms with Gasteiger partial charge in [0.15, 0.2) is 0 Å². The number of amides is 1. The van der Waals surface area contributed by atoms with Crippen LogP contribution in [0.1, 0.15) is 32.8 Å². The lowest BCUT2D eigenvalue weighted by atomic mass is 10.0. The molecule has 0 aliphatic carbocycles. The van der Waals surface area contributed by atoms with Crippen LogP contribution in [0, 0.1) is 6.92 Å². The number of carbonyl (C=O) groups excluding carboxylic acids is 1. The number of halogens is 3. The molecule has 0 unspecified atom stereocenters. The Hall–Kier alpha value is -2.84. The Kier molecular flexibility index (Phi) is 5.90. The average molecular weight is 486 g/mol.